The maximum absolute atomic E-state index is 11.8. The van der Waals surface area contributed by atoms with E-state index in [1.807, 2.05) is 17.5 Å². The zero-order valence-corrected chi connectivity index (χ0v) is 18.4. The van der Waals surface area contributed by atoms with Gasteiger partial charge in [0.15, 0.2) is 5.96 Å². The average Bonchev–Trinajstić information content (AvgIpc) is 3.11. The minimum absolute atomic E-state index is 0. The Bertz CT molecular complexity index is 513. The molecule has 0 saturated heterocycles. The lowest BCUT2D eigenvalue weighted by atomic mass is 9.87. The molecule has 5 nitrogen and oxygen atoms in total. The largest absolute Gasteiger partial charge is 0.357 e. The number of amides is 1. The third-order valence-corrected chi connectivity index (χ3v) is 5.20. The first-order valence-electron chi connectivity index (χ1n) is 9.05. The van der Waals surface area contributed by atoms with E-state index in [0.29, 0.717) is 19.1 Å². The SMILES string of the molecule is CCNC(=NCCCNC(=O)c1cccs1)NC1CCC(C)CC1.I. The molecule has 0 spiro atoms. The number of nitrogens with zero attached hydrogens (tertiary/aromatic N) is 1. The first-order chi connectivity index (χ1) is 11.7. The van der Waals surface area contributed by atoms with E-state index >= 15 is 0 Å². The highest BCUT2D eigenvalue weighted by Crippen LogP contribution is 2.23. The molecule has 7 heteroatoms. The maximum Gasteiger partial charge on any atom is 0.261 e. The van der Waals surface area contributed by atoms with E-state index in [-0.39, 0.29) is 29.9 Å². The van der Waals surface area contributed by atoms with Crippen molar-refractivity contribution in [3.63, 3.8) is 0 Å². The van der Waals surface area contributed by atoms with Crippen molar-refractivity contribution in [2.45, 2.75) is 52.0 Å². The van der Waals surface area contributed by atoms with Crippen LogP contribution in [0.3, 0.4) is 0 Å². The van der Waals surface area contributed by atoms with E-state index in [2.05, 4.69) is 34.8 Å². The fourth-order valence-corrected chi connectivity index (χ4v) is 3.52. The molecule has 1 heterocycles. The van der Waals surface area contributed by atoms with E-state index in [0.717, 1.165) is 29.7 Å². The highest BCUT2D eigenvalue weighted by Gasteiger charge is 2.18. The summed E-state index contributed by atoms with van der Waals surface area (Å²) in [5, 5.41) is 11.7. The maximum atomic E-state index is 11.8. The van der Waals surface area contributed by atoms with Crippen LogP contribution < -0.4 is 16.0 Å². The van der Waals surface area contributed by atoms with Crippen LogP contribution in [0, 0.1) is 5.92 Å². The quantitative estimate of drug-likeness (QED) is 0.243. The average molecular weight is 478 g/mol. The predicted molar refractivity (Wildman–Crippen MR) is 117 cm³/mol. The summed E-state index contributed by atoms with van der Waals surface area (Å²) in [4.78, 5) is 17.2. The van der Waals surface area contributed by atoms with E-state index in [1.165, 1.54) is 37.0 Å². The minimum atomic E-state index is 0. The van der Waals surface area contributed by atoms with E-state index in [1.54, 1.807) is 0 Å². The summed E-state index contributed by atoms with van der Waals surface area (Å²) in [6.45, 7) is 6.65. The van der Waals surface area contributed by atoms with Crippen molar-refractivity contribution in [1.29, 1.82) is 0 Å². The number of hydrogen-bond acceptors (Lipinski definition) is 3. The number of guanidine groups is 1. The van der Waals surface area contributed by atoms with Gasteiger partial charge < -0.3 is 16.0 Å². The van der Waals surface area contributed by atoms with Crippen molar-refractivity contribution >= 4 is 47.2 Å². The van der Waals surface area contributed by atoms with Crippen LogP contribution in [0.5, 0.6) is 0 Å². The smallest absolute Gasteiger partial charge is 0.261 e. The second kappa shape index (κ2) is 12.5. The van der Waals surface area contributed by atoms with Crippen LogP contribution in [0.15, 0.2) is 22.5 Å². The van der Waals surface area contributed by atoms with E-state index < -0.39 is 0 Å². The summed E-state index contributed by atoms with van der Waals surface area (Å²) in [5.74, 6) is 1.77. The van der Waals surface area contributed by atoms with Crippen LogP contribution >= 0.6 is 35.3 Å². The Hall–Kier alpha value is -0.830. The summed E-state index contributed by atoms with van der Waals surface area (Å²) < 4.78 is 0. The number of carbonyl (C=O) groups excluding carboxylic acids is 1. The Kier molecular flexibility index (Phi) is 11.1. The van der Waals surface area contributed by atoms with Crippen molar-refractivity contribution in [2.24, 2.45) is 10.9 Å². The molecule has 1 aliphatic carbocycles. The number of nitrogens with one attached hydrogen (secondary N) is 3. The lowest BCUT2D eigenvalue weighted by molar-refractivity contribution is 0.0957. The van der Waals surface area contributed by atoms with E-state index in [4.69, 9.17) is 0 Å². The van der Waals surface area contributed by atoms with Crippen LogP contribution in [-0.2, 0) is 0 Å². The Morgan fingerprint density at radius 1 is 1.28 bits per heavy atom. The molecule has 1 amide bonds. The summed E-state index contributed by atoms with van der Waals surface area (Å²) in [5.41, 5.74) is 0. The highest BCUT2D eigenvalue weighted by molar-refractivity contribution is 14.0. The minimum Gasteiger partial charge on any atom is -0.357 e. The number of thiophene rings is 1. The monoisotopic (exact) mass is 478 g/mol. The second-order valence-electron chi connectivity index (χ2n) is 6.45. The van der Waals surface area contributed by atoms with Gasteiger partial charge in [-0.15, -0.1) is 35.3 Å². The van der Waals surface area contributed by atoms with Gasteiger partial charge in [0.1, 0.15) is 0 Å². The van der Waals surface area contributed by atoms with Gasteiger partial charge in [-0.05, 0) is 56.4 Å². The molecule has 0 bridgehead atoms. The van der Waals surface area contributed by atoms with Crippen molar-refractivity contribution < 1.29 is 4.79 Å². The number of halogens is 1. The van der Waals surface area contributed by atoms with Crippen LogP contribution in [-0.4, -0.2) is 37.5 Å². The molecule has 0 unspecified atom stereocenters. The molecule has 25 heavy (non-hydrogen) atoms. The van der Waals surface area contributed by atoms with Crippen LogP contribution in [0.4, 0.5) is 0 Å². The number of aliphatic imine (C=N–C) groups is 1. The molecule has 142 valence electrons. The van der Waals surface area contributed by atoms with Gasteiger partial charge in [-0.3, -0.25) is 9.79 Å². The van der Waals surface area contributed by atoms with Gasteiger partial charge in [0, 0.05) is 25.7 Å². The van der Waals surface area contributed by atoms with Crippen LogP contribution in [0.2, 0.25) is 0 Å². The topological polar surface area (TPSA) is 65.5 Å². The standard InChI is InChI=1S/C18H30N4OS.HI/c1-3-19-18(22-15-9-7-14(2)8-10-15)21-12-5-11-20-17(23)16-6-4-13-24-16;/h4,6,13-15H,3,5,7-12H2,1-2H3,(H,20,23)(H2,19,21,22);1H. The molecular formula is C18H31IN4OS. The Balaban J connectivity index is 0.00000312. The lowest BCUT2D eigenvalue weighted by Gasteiger charge is -2.28. The van der Waals surface area contributed by atoms with Crippen LogP contribution in [0.1, 0.15) is 55.6 Å². The van der Waals surface area contributed by atoms with Gasteiger partial charge in [0.05, 0.1) is 4.88 Å². The molecule has 0 radical (unpaired) electrons. The molecular weight excluding hydrogens is 447 g/mol. The predicted octanol–water partition coefficient (Wildman–Crippen LogP) is 3.62. The molecule has 3 N–H and O–H groups in total. The molecule has 1 fully saturated rings. The first-order valence-corrected chi connectivity index (χ1v) is 9.93. The molecule has 1 saturated carbocycles. The number of hydrogen-bond donors (Lipinski definition) is 3. The fourth-order valence-electron chi connectivity index (χ4n) is 2.88. The summed E-state index contributed by atoms with van der Waals surface area (Å²) >= 11 is 1.47. The zero-order chi connectivity index (χ0) is 17.2. The van der Waals surface area contributed by atoms with Crippen molar-refractivity contribution in [2.75, 3.05) is 19.6 Å². The summed E-state index contributed by atoms with van der Waals surface area (Å²) in [7, 11) is 0. The molecule has 2 rings (SSSR count). The molecule has 1 aromatic heterocycles. The zero-order valence-electron chi connectivity index (χ0n) is 15.2. The lowest BCUT2D eigenvalue weighted by Crippen LogP contribution is -2.44. The Morgan fingerprint density at radius 2 is 2.04 bits per heavy atom. The van der Waals surface area contributed by atoms with Crippen LogP contribution in [0.25, 0.3) is 0 Å². The Morgan fingerprint density at radius 3 is 2.68 bits per heavy atom. The molecule has 0 atom stereocenters. The summed E-state index contributed by atoms with van der Waals surface area (Å²) in [6.07, 6.45) is 5.89. The third-order valence-electron chi connectivity index (χ3n) is 4.34. The van der Waals surface area contributed by atoms with Crippen molar-refractivity contribution in [3.05, 3.63) is 22.4 Å². The second-order valence-corrected chi connectivity index (χ2v) is 7.40. The molecule has 0 aliphatic heterocycles. The van der Waals surface area contributed by atoms with Crippen molar-refractivity contribution in [3.8, 4) is 0 Å². The van der Waals surface area contributed by atoms with Gasteiger partial charge in [-0.2, -0.15) is 0 Å². The van der Waals surface area contributed by atoms with Gasteiger partial charge in [-0.1, -0.05) is 13.0 Å². The Labute approximate surface area is 172 Å². The normalized spacial score (nSPS) is 20.5. The van der Waals surface area contributed by atoms with Gasteiger partial charge in [-0.25, -0.2) is 0 Å². The highest BCUT2D eigenvalue weighted by atomic mass is 127. The third kappa shape index (κ3) is 8.40. The number of carbonyl (C=O) groups is 1. The van der Waals surface area contributed by atoms with E-state index in [9.17, 15) is 4.79 Å². The summed E-state index contributed by atoms with van der Waals surface area (Å²) in [6, 6.07) is 4.28. The molecule has 1 aromatic rings. The van der Waals surface area contributed by atoms with Gasteiger partial charge in [0.25, 0.3) is 5.91 Å². The van der Waals surface area contributed by atoms with Gasteiger partial charge in [0.2, 0.25) is 0 Å². The molecule has 1 aliphatic rings. The van der Waals surface area contributed by atoms with Gasteiger partial charge >= 0.3 is 0 Å². The van der Waals surface area contributed by atoms with Crippen molar-refractivity contribution in [1.82, 2.24) is 16.0 Å². The fraction of sp³-hybridized carbons (Fsp3) is 0.667. The first kappa shape index (κ1) is 22.2. The molecule has 0 aromatic carbocycles. The number of rotatable bonds is 7.